The van der Waals surface area contributed by atoms with Crippen molar-refractivity contribution in [3.05, 3.63) is 34.7 Å². The molecule has 2 aliphatic rings. The molecule has 2 aromatic rings. The van der Waals surface area contributed by atoms with Crippen LogP contribution in [0.5, 0.6) is 0 Å². The molecule has 2 heterocycles. The molecular formula is C18H22N4O3S. The van der Waals surface area contributed by atoms with Gasteiger partial charge in [0.15, 0.2) is 11.7 Å². The second kappa shape index (κ2) is 7.19. The zero-order valence-corrected chi connectivity index (χ0v) is 15.5. The Bertz CT molecular complexity index is 778. The van der Waals surface area contributed by atoms with Gasteiger partial charge in [0, 0.05) is 17.5 Å². The van der Waals surface area contributed by atoms with E-state index in [9.17, 15) is 9.59 Å². The number of carbonyl (C=O) groups is 2. The normalized spacial score (nSPS) is 18.7. The first-order chi connectivity index (χ1) is 12.6. The number of rotatable bonds is 6. The molecule has 1 unspecified atom stereocenters. The maximum absolute atomic E-state index is 13.2. The number of furan rings is 1. The van der Waals surface area contributed by atoms with Crippen molar-refractivity contribution < 1.29 is 14.0 Å². The third-order valence-corrected chi connectivity index (χ3v) is 5.52. The lowest BCUT2D eigenvalue weighted by molar-refractivity contribution is -0.127. The van der Waals surface area contributed by atoms with Gasteiger partial charge in [0.2, 0.25) is 0 Å². The number of nitrogens with zero attached hydrogens (tertiary/aromatic N) is 3. The number of hydrogen-bond acceptors (Lipinski definition) is 6. The van der Waals surface area contributed by atoms with Gasteiger partial charge in [-0.05, 0) is 56.3 Å². The van der Waals surface area contributed by atoms with E-state index in [-0.39, 0.29) is 29.6 Å². The molecule has 4 rings (SSSR count). The number of carbonyl (C=O) groups excluding carboxylic acids is 2. The maximum atomic E-state index is 13.2. The molecule has 0 spiro atoms. The molecule has 2 aliphatic carbocycles. The topological polar surface area (TPSA) is 88.3 Å². The first-order valence-corrected chi connectivity index (χ1v) is 9.93. The molecule has 138 valence electrons. The molecular weight excluding hydrogens is 352 g/mol. The Balaban J connectivity index is 1.65. The van der Waals surface area contributed by atoms with Crippen molar-refractivity contribution in [2.45, 2.75) is 63.6 Å². The second-order valence-corrected chi connectivity index (χ2v) is 7.68. The highest BCUT2D eigenvalue weighted by Crippen LogP contribution is 2.37. The monoisotopic (exact) mass is 374 g/mol. The van der Waals surface area contributed by atoms with E-state index in [1.54, 1.807) is 16.3 Å². The Morgan fingerprint density at radius 3 is 2.62 bits per heavy atom. The summed E-state index contributed by atoms with van der Waals surface area (Å²) in [6, 6.07) is 3.06. The molecule has 7 nitrogen and oxygen atoms in total. The van der Waals surface area contributed by atoms with Gasteiger partial charge in [-0.25, -0.2) is 0 Å². The fraction of sp³-hybridized carbons (Fsp3) is 0.556. The lowest BCUT2D eigenvalue weighted by Crippen LogP contribution is -2.47. The van der Waals surface area contributed by atoms with E-state index in [4.69, 9.17) is 4.42 Å². The van der Waals surface area contributed by atoms with E-state index in [1.807, 2.05) is 13.0 Å². The Labute approximate surface area is 155 Å². The maximum Gasteiger partial charge on any atom is 0.276 e. The van der Waals surface area contributed by atoms with Gasteiger partial charge in [0.05, 0.1) is 0 Å². The molecule has 2 aromatic heterocycles. The van der Waals surface area contributed by atoms with Crippen LogP contribution in [0.4, 0.5) is 0 Å². The van der Waals surface area contributed by atoms with E-state index >= 15 is 0 Å². The van der Waals surface area contributed by atoms with Crippen LogP contribution in [-0.2, 0) is 4.79 Å². The van der Waals surface area contributed by atoms with Gasteiger partial charge in [-0.15, -0.1) is 5.10 Å². The average molecular weight is 374 g/mol. The summed E-state index contributed by atoms with van der Waals surface area (Å²) in [6.07, 6.45) is 6.01. The summed E-state index contributed by atoms with van der Waals surface area (Å²) in [5.74, 6) is 0.787. The SMILES string of the molecule is Cc1ccc(C(C(=O)NC2CCCC2)N(C(=O)c2csnn2)C2CC2)o1. The van der Waals surface area contributed by atoms with Crippen LogP contribution >= 0.6 is 11.5 Å². The van der Waals surface area contributed by atoms with Gasteiger partial charge in [-0.1, -0.05) is 17.3 Å². The van der Waals surface area contributed by atoms with Crippen LogP contribution in [0.1, 0.15) is 66.6 Å². The molecule has 0 bridgehead atoms. The molecule has 8 heteroatoms. The van der Waals surface area contributed by atoms with E-state index in [2.05, 4.69) is 14.9 Å². The Morgan fingerprint density at radius 1 is 1.27 bits per heavy atom. The van der Waals surface area contributed by atoms with Gasteiger partial charge < -0.3 is 14.6 Å². The highest BCUT2D eigenvalue weighted by Gasteiger charge is 2.44. The summed E-state index contributed by atoms with van der Waals surface area (Å²) in [7, 11) is 0. The number of amides is 2. The lowest BCUT2D eigenvalue weighted by atomic mass is 10.1. The average Bonchev–Trinajstić information content (AvgIpc) is 3.05. The van der Waals surface area contributed by atoms with Crippen molar-refractivity contribution in [2.75, 3.05) is 0 Å². The van der Waals surface area contributed by atoms with Crippen LogP contribution in [0, 0.1) is 6.92 Å². The fourth-order valence-corrected chi connectivity index (χ4v) is 4.01. The van der Waals surface area contributed by atoms with Gasteiger partial charge in [0.1, 0.15) is 11.5 Å². The lowest BCUT2D eigenvalue weighted by Gasteiger charge is -2.30. The predicted octanol–water partition coefficient (Wildman–Crippen LogP) is 2.84. The summed E-state index contributed by atoms with van der Waals surface area (Å²) < 4.78 is 9.56. The molecule has 2 amide bonds. The van der Waals surface area contributed by atoms with Crippen molar-refractivity contribution in [2.24, 2.45) is 0 Å². The molecule has 0 radical (unpaired) electrons. The van der Waals surface area contributed by atoms with Crippen LogP contribution < -0.4 is 5.32 Å². The van der Waals surface area contributed by atoms with Crippen LogP contribution in [0.3, 0.4) is 0 Å². The molecule has 1 atom stereocenters. The van der Waals surface area contributed by atoms with Gasteiger partial charge in [-0.3, -0.25) is 9.59 Å². The summed E-state index contributed by atoms with van der Waals surface area (Å²) in [6.45, 7) is 1.84. The van der Waals surface area contributed by atoms with Gasteiger partial charge >= 0.3 is 0 Å². The first kappa shape index (κ1) is 17.2. The molecule has 0 saturated heterocycles. The summed E-state index contributed by atoms with van der Waals surface area (Å²) >= 11 is 1.13. The van der Waals surface area contributed by atoms with Crippen molar-refractivity contribution >= 4 is 23.3 Å². The molecule has 2 fully saturated rings. The zero-order chi connectivity index (χ0) is 18.1. The van der Waals surface area contributed by atoms with E-state index in [0.717, 1.165) is 55.8 Å². The molecule has 0 aliphatic heterocycles. The van der Waals surface area contributed by atoms with Crippen molar-refractivity contribution in [1.82, 2.24) is 19.8 Å². The smallest absolute Gasteiger partial charge is 0.276 e. The molecule has 0 aromatic carbocycles. The minimum atomic E-state index is -0.772. The van der Waals surface area contributed by atoms with Gasteiger partial charge in [-0.2, -0.15) is 0 Å². The van der Waals surface area contributed by atoms with Crippen LogP contribution in [0.2, 0.25) is 0 Å². The second-order valence-electron chi connectivity index (χ2n) is 7.07. The Kier molecular flexibility index (Phi) is 4.76. The predicted molar refractivity (Wildman–Crippen MR) is 95.7 cm³/mol. The van der Waals surface area contributed by atoms with Crippen LogP contribution in [-0.4, -0.2) is 38.4 Å². The van der Waals surface area contributed by atoms with E-state index in [0.29, 0.717) is 5.76 Å². The highest BCUT2D eigenvalue weighted by molar-refractivity contribution is 7.03. The summed E-state index contributed by atoms with van der Waals surface area (Å²) in [5.41, 5.74) is 0.281. The molecule has 2 saturated carbocycles. The molecule has 1 N–H and O–H groups in total. The number of hydrogen-bond donors (Lipinski definition) is 1. The first-order valence-electron chi connectivity index (χ1n) is 9.10. The Morgan fingerprint density at radius 2 is 2.04 bits per heavy atom. The summed E-state index contributed by atoms with van der Waals surface area (Å²) in [4.78, 5) is 27.9. The number of aromatic nitrogens is 2. The number of nitrogens with one attached hydrogen (secondary N) is 1. The van der Waals surface area contributed by atoms with E-state index in [1.165, 1.54) is 0 Å². The zero-order valence-electron chi connectivity index (χ0n) is 14.7. The summed E-state index contributed by atoms with van der Waals surface area (Å²) in [5, 5.41) is 8.65. The highest BCUT2D eigenvalue weighted by atomic mass is 32.1. The minimum Gasteiger partial charge on any atom is -0.464 e. The van der Waals surface area contributed by atoms with Crippen molar-refractivity contribution in [3.63, 3.8) is 0 Å². The van der Waals surface area contributed by atoms with Crippen molar-refractivity contribution in [1.29, 1.82) is 0 Å². The third kappa shape index (κ3) is 3.51. The minimum absolute atomic E-state index is 0.0361. The fourth-order valence-electron chi connectivity index (χ4n) is 3.58. The van der Waals surface area contributed by atoms with Gasteiger partial charge in [0.25, 0.3) is 11.8 Å². The molecule has 26 heavy (non-hydrogen) atoms. The quantitative estimate of drug-likeness (QED) is 0.840. The van der Waals surface area contributed by atoms with Crippen LogP contribution in [0.25, 0.3) is 0 Å². The standard InChI is InChI=1S/C18H22N4O3S/c1-11-6-9-15(25-11)16(17(23)19-12-4-2-3-5-12)22(13-7-8-13)18(24)14-10-26-21-20-14/h6,9-10,12-13,16H,2-5,7-8H2,1H3,(H,19,23). The largest absolute Gasteiger partial charge is 0.464 e. The Hall–Kier alpha value is -2.22. The van der Waals surface area contributed by atoms with Crippen LogP contribution in [0.15, 0.2) is 21.9 Å². The third-order valence-electron chi connectivity index (χ3n) is 5.01. The van der Waals surface area contributed by atoms with E-state index < -0.39 is 6.04 Å². The van der Waals surface area contributed by atoms with Crippen molar-refractivity contribution in [3.8, 4) is 0 Å². The number of aryl methyl sites for hydroxylation is 1.